The number of hydrogen-bond donors (Lipinski definition) is 2. The molecule has 0 aliphatic rings. The first-order valence-corrected chi connectivity index (χ1v) is 5.32. The van der Waals surface area contributed by atoms with Crippen molar-refractivity contribution in [3.05, 3.63) is 47.9 Å². The van der Waals surface area contributed by atoms with Crippen molar-refractivity contribution >= 4 is 22.9 Å². The van der Waals surface area contributed by atoms with E-state index in [-0.39, 0.29) is 17.4 Å². The summed E-state index contributed by atoms with van der Waals surface area (Å²) in [5.41, 5.74) is 7.22. The molecule has 0 saturated heterocycles. The maximum atomic E-state index is 12.3. The molecule has 3 aromatic rings. The lowest BCUT2D eigenvalue weighted by atomic mass is 10.1. The summed E-state index contributed by atoms with van der Waals surface area (Å²) in [5, 5.41) is 0. The number of hydrogen-bond acceptors (Lipinski definition) is 5. The highest BCUT2D eigenvalue weighted by Gasteiger charge is 2.17. The molecular weight excluding hydrogens is 230 g/mol. The van der Waals surface area contributed by atoms with Gasteiger partial charge in [0.25, 0.3) is 0 Å². The molecule has 0 spiro atoms. The van der Waals surface area contributed by atoms with Crippen LogP contribution in [0.15, 0.2) is 36.7 Å². The van der Waals surface area contributed by atoms with Crippen LogP contribution in [0, 0.1) is 0 Å². The van der Waals surface area contributed by atoms with E-state index in [2.05, 4.69) is 19.9 Å². The van der Waals surface area contributed by atoms with Gasteiger partial charge in [0.1, 0.15) is 11.2 Å². The zero-order valence-corrected chi connectivity index (χ0v) is 9.29. The van der Waals surface area contributed by atoms with Gasteiger partial charge in [-0.25, -0.2) is 9.97 Å². The van der Waals surface area contributed by atoms with Gasteiger partial charge in [-0.3, -0.25) is 4.79 Å². The van der Waals surface area contributed by atoms with E-state index in [1.807, 2.05) is 6.07 Å². The lowest BCUT2D eigenvalue weighted by Gasteiger charge is -2.01. The van der Waals surface area contributed by atoms with Gasteiger partial charge in [-0.2, -0.15) is 4.98 Å². The summed E-state index contributed by atoms with van der Waals surface area (Å²) in [4.78, 5) is 27.1. The number of H-pyrrole nitrogens is 1. The lowest BCUT2D eigenvalue weighted by molar-refractivity contribution is 0.103. The average molecular weight is 239 g/mol. The quantitative estimate of drug-likeness (QED) is 0.654. The van der Waals surface area contributed by atoms with Crippen LogP contribution in [0.5, 0.6) is 0 Å². The van der Waals surface area contributed by atoms with Gasteiger partial charge in [0.2, 0.25) is 11.7 Å². The fourth-order valence-electron chi connectivity index (χ4n) is 1.74. The Labute approximate surface area is 102 Å². The number of benzene rings is 1. The standard InChI is InChI=1S/C12H9N5O/c13-12-16-8(9-11(17-12)15-6-14-9)10(18)7-4-2-1-3-5-7/h1-6H,(H3,13,14,15,16,17). The predicted octanol–water partition coefficient (Wildman–Crippen LogP) is 1.17. The van der Waals surface area contributed by atoms with Crippen molar-refractivity contribution in [2.24, 2.45) is 0 Å². The van der Waals surface area contributed by atoms with Crippen LogP contribution in [0.4, 0.5) is 5.95 Å². The van der Waals surface area contributed by atoms with Crippen LogP contribution in [0.2, 0.25) is 0 Å². The molecule has 88 valence electrons. The number of aromatic amines is 1. The summed E-state index contributed by atoms with van der Waals surface area (Å²) in [6, 6.07) is 8.87. The number of carbonyl (C=O) groups is 1. The highest BCUT2D eigenvalue weighted by atomic mass is 16.1. The number of nitrogen functional groups attached to an aromatic ring is 1. The van der Waals surface area contributed by atoms with E-state index in [9.17, 15) is 4.79 Å². The molecule has 0 atom stereocenters. The fourth-order valence-corrected chi connectivity index (χ4v) is 1.74. The van der Waals surface area contributed by atoms with Crippen molar-refractivity contribution in [3.63, 3.8) is 0 Å². The molecule has 0 aliphatic carbocycles. The minimum absolute atomic E-state index is 0.0473. The normalized spacial score (nSPS) is 10.7. The van der Waals surface area contributed by atoms with Crippen LogP contribution in [0.1, 0.15) is 16.1 Å². The van der Waals surface area contributed by atoms with Gasteiger partial charge in [0, 0.05) is 5.56 Å². The molecular formula is C12H9N5O. The van der Waals surface area contributed by atoms with Crippen LogP contribution in [-0.2, 0) is 0 Å². The maximum absolute atomic E-state index is 12.3. The summed E-state index contributed by atoms with van der Waals surface area (Å²) in [5.74, 6) is -0.173. The number of nitrogens with two attached hydrogens (primary N) is 1. The van der Waals surface area contributed by atoms with Crippen molar-refractivity contribution in [2.45, 2.75) is 0 Å². The number of imidazole rings is 1. The molecule has 1 aromatic carbocycles. The highest BCUT2D eigenvalue weighted by Crippen LogP contribution is 2.16. The molecule has 2 aromatic heterocycles. The Kier molecular flexibility index (Phi) is 2.26. The van der Waals surface area contributed by atoms with Crippen molar-refractivity contribution in [2.75, 3.05) is 5.73 Å². The first kappa shape index (κ1) is 10.4. The number of fused-ring (bicyclic) bond motifs is 1. The minimum atomic E-state index is -0.221. The third-order valence-electron chi connectivity index (χ3n) is 2.55. The van der Waals surface area contributed by atoms with E-state index >= 15 is 0 Å². The van der Waals surface area contributed by atoms with E-state index < -0.39 is 0 Å². The topological polar surface area (TPSA) is 97.5 Å². The van der Waals surface area contributed by atoms with Crippen LogP contribution >= 0.6 is 0 Å². The molecule has 2 heterocycles. The molecule has 6 heteroatoms. The number of nitrogens with zero attached hydrogens (tertiary/aromatic N) is 3. The smallest absolute Gasteiger partial charge is 0.222 e. The van der Waals surface area contributed by atoms with E-state index in [0.29, 0.717) is 16.7 Å². The van der Waals surface area contributed by atoms with Crippen LogP contribution < -0.4 is 5.73 Å². The van der Waals surface area contributed by atoms with Crippen LogP contribution in [-0.4, -0.2) is 25.7 Å². The average Bonchev–Trinajstić information content (AvgIpc) is 2.86. The van der Waals surface area contributed by atoms with Crippen molar-refractivity contribution in [3.8, 4) is 0 Å². The third-order valence-corrected chi connectivity index (χ3v) is 2.55. The number of aromatic nitrogens is 4. The van der Waals surface area contributed by atoms with Gasteiger partial charge in [-0.05, 0) is 0 Å². The maximum Gasteiger partial charge on any atom is 0.222 e. The fraction of sp³-hybridized carbons (Fsp3) is 0. The second-order valence-electron chi connectivity index (χ2n) is 3.73. The summed E-state index contributed by atoms with van der Waals surface area (Å²) >= 11 is 0. The largest absolute Gasteiger partial charge is 0.368 e. The summed E-state index contributed by atoms with van der Waals surface area (Å²) in [7, 11) is 0. The Hall–Kier alpha value is -2.76. The minimum Gasteiger partial charge on any atom is -0.368 e. The van der Waals surface area contributed by atoms with Gasteiger partial charge < -0.3 is 10.7 Å². The summed E-state index contributed by atoms with van der Waals surface area (Å²) in [6.07, 6.45) is 1.46. The molecule has 0 aliphatic heterocycles. The molecule has 3 N–H and O–H groups in total. The Morgan fingerprint density at radius 1 is 1.17 bits per heavy atom. The molecule has 6 nitrogen and oxygen atoms in total. The predicted molar refractivity (Wildman–Crippen MR) is 66.0 cm³/mol. The Balaban J connectivity index is 2.20. The third kappa shape index (κ3) is 1.60. The van der Waals surface area contributed by atoms with E-state index in [4.69, 9.17) is 5.73 Å². The molecule has 0 bridgehead atoms. The van der Waals surface area contributed by atoms with E-state index in [0.717, 1.165) is 0 Å². The zero-order chi connectivity index (χ0) is 12.5. The Bertz CT molecular complexity index is 720. The first-order valence-electron chi connectivity index (χ1n) is 5.32. The van der Waals surface area contributed by atoms with E-state index in [1.165, 1.54) is 6.33 Å². The molecule has 0 unspecified atom stereocenters. The monoisotopic (exact) mass is 239 g/mol. The van der Waals surface area contributed by atoms with Crippen LogP contribution in [0.25, 0.3) is 11.2 Å². The molecule has 0 fully saturated rings. The second kappa shape index (κ2) is 3.92. The molecule has 0 amide bonds. The molecule has 0 saturated carbocycles. The van der Waals surface area contributed by atoms with Crippen molar-refractivity contribution < 1.29 is 4.79 Å². The van der Waals surface area contributed by atoms with Gasteiger partial charge in [-0.1, -0.05) is 30.3 Å². The van der Waals surface area contributed by atoms with Gasteiger partial charge >= 0.3 is 0 Å². The van der Waals surface area contributed by atoms with Gasteiger partial charge in [0.05, 0.1) is 6.33 Å². The number of rotatable bonds is 2. The number of nitrogens with one attached hydrogen (secondary N) is 1. The summed E-state index contributed by atoms with van der Waals surface area (Å²) < 4.78 is 0. The molecule has 18 heavy (non-hydrogen) atoms. The van der Waals surface area contributed by atoms with Gasteiger partial charge in [0.15, 0.2) is 5.65 Å². The van der Waals surface area contributed by atoms with Crippen molar-refractivity contribution in [1.82, 2.24) is 19.9 Å². The SMILES string of the molecule is Nc1nc(C(=O)c2ccccc2)c2nc[nH]c2n1. The molecule has 3 rings (SSSR count). The Morgan fingerprint density at radius 3 is 2.72 bits per heavy atom. The number of anilines is 1. The first-order chi connectivity index (χ1) is 8.75. The van der Waals surface area contributed by atoms with Gasteiger partial charge in [-0.15, -0.1) is 0 Å². The highest BCUT2D eigenvalue weighted by molar-refractivity contribution is 6.13. The summed E-state index contributed by atoms with van der Waals surface area (Å²) in [6.45, 7) is 0. The van der Waals surface area contributed by atoms with E-state index in [1.54, 1.807) is 24.3 Å². The molecule has 0 radical (unpaired) electrons. The second-order valence-corrected chi connectivity index (χ2v) is 3.73. The Morgan fingerprint density at radius 2 is 1.94 bits per heavy atom. The van der Waals surface area contributed by atoms with Crippen molar-refractivity contribution in [1.29, 1.82) is 0 Å². The number of ketones is 1. The van der Waals surface area contributed by atoms with Crippen LogP contribution in [0.3, 0.4) is 0 Å². The lowest BCUT2D eigenvalue weighted by Crippen LogP contribution is -2.08. The number of carbonyl (C=O) groups excluding carboxylic acids is 1. The zero-order valence-electron chi connectivity index (χ0n) is 9.29.